The van der Waals surface area contributed by atoms with Gasteiger partial charge in [0.25, 0.3) is 0 Å². The van der Waals surface area contributed by atoms with Crippen LogP contribution in [0, 0.1) is 5.92 Å². The fourth-order valence-electron chi connectivity index (χ4n) is 3.20. The van der Waals surface area contributed by atoms with Crippen molar-refractivity contribution in [1.82, 2.24) is 0 Å². The molecule has 0 heterocycles. The van der Waals surface area contributed by atoms with Gasteiger partial charge in [0.15, 0.2) is 5.78 Å². The highest BCUT2D eigenvalue weighted by Crippen LogP contribution is 2.41. The largest absolute Gasteiger partial charge is 0.294 e. The number of Topliss-reactive ketones (excluding diaryl/α,β-unsaturated/α-hetero) is 1. The third-order valence-electron chi connectivity index (χ3n) is 4.59. The summed E-state index contributed by atoms with van der Waals surface area (Å²) in [5.41, 5.74) is 3.48. The van der Waals surface area contributed by atoms with Gasteiger partial charge in [0.05, 0.1) is 0 Å². The summed E-state index contributed by atoms with van der Waals surface area (Å²) in [6.07, 6.45) is 1.98. The van der Waals surface area contributed by atoms with E-state index in [1.54, 1.807) is 0 Å². The van der Waals surface area contributed by atoms with Crippen LogP contribution in [0.2, 0.25) is 0 Å². The number of aryl methyl sites for hydroxylation is 1. The number of fused-ring (bicyclic) bond motifs is 1. The summed E-state index contributed by atoms with van der Waals surface area (Å²) in [7, 11) is 0. The van der Waals surface area contributed by atoms with Crippen molar-refractivity contribution in [2.45, 2.75) is 37.2 Å². The Bertz CT molecular complexity index is 660. The standard InChI is InChI=1S/C20H22OS/c1-20(2,22-14-15-8-4-3-5-9-15)18-13-12-16-10-6-7-11-17(16)19(18)21/h3-11,18H,12-14H2,1-2H3/t18-/m1/s1. The second-order valence-corrected chi connectivity index (χ2v) is 8.12. The molecule has 0 saturated carbocycles. The Labute approximate surface area is 137 Å². The second kappa shape index (κ2) is 6.29. The lowest BCUT2D eigenvalue weighted by molar-refractivity contribution is 0.0879. The van der Waals surface area contributed by atoms with E-state index in [0.29, 0.717) is 5.78 Å². The maximum Gasteiger partial charge on any atom is 0.167 e. The molecule has 0 fully saturated rings. The molecule has 0 aromatic heterocycles. The van der Waals surface area contributed by atoms with Crippen LogP contribution in [0.1, 0.15) is 41.8 Å². The Morgan fingerprint density at radius 2 is 1.73 bits per heavy atom. The zero-order chi connectivity index (χ0) is 15.6. The van der Waals surface area contributed by atoms with E-state index < -0.39 is 0 Å². The summed E-state index contributed by atoms with van der Waals surface area (Å²) in [5.74, 6) is 1.39. The van der Waals surface area contributed by atoms with Gasteiger partial charge in [0.2, 0.25) is 0 Å². The van der Waals surface area contributed by atoms with Gasteiger partial charge in [-0.15, -0.1) is 0 Å². The zero-order valence-corrected chi connectivity index (χ0v) is 14.0. The van der Waals surface area contributed by atoms with Crippen molar-refractivity contribution in [3.63, 3.8) is 0 Å². The molecule has 2 heteroatoms. The lowest BCUT2D eigenvalue weighted by atomic mass is 9.77. The molecule has 0 saturated heterocycles. The molecule has 0 N–H and O–H groups in total. The Kier molecular flexibility index (Phi) is 4.39. The fourth-order valence-corrected chi connectivity index (χ4v) is 4.36. The molecule has 0 radical (unpaired) electrons. The fraction of sp³-hybridized carbons (Fsp3) is 0.350. The van der Waals surface area contributed by atoms with E-state index in [0.717, 1.165) is 24.2 Å². The summed E-state index contributed by atoms with van der Waals surface area (Å²) in [4.78, 5) is 12.9. The van der Waals surface area contributed by atoms with E-state index in [1.165, 1.54) is 11.1 Å². The van der Waals surface area contributed by atoms with Crippen LogP contribution in [0.4, 0.5) is 0 Å². The maximum atomic E-state index is 12.9. The number of benzene rings is 2. The van der Waals surface area contributed by atoms with Crippen molar-refractivity contribution in [3.8, 4) is 0 Å². The molecule has 0 spiro atoms. The van der Waals surface area contributed by atoms with Gasteiger partial charge in [0.1, 0.15) is 0 Å². The van der Waals surface area contributed by atoms with E-state index >= 15 is 0 Å². The Morgan fingerprint density at radius 1 is 1.05 bits per heavy atom. The molecule has 0 unspecified atom stereocenters. The number of ketones is 1. The van der Waals surface area contributed by atoms with Crippen molar-refractivity contribution >= 4 is 17.5 Å². The van der Waals surface area contributed by atoms with Gasteiger partial charge in [-0.3, -0.25) is 4.79 Å². The van der Waals surface area contributed by atoms with Crippen LogP contribution in [-0.2, 0) is 12.2 Å². The quantitative estimate of drug-likeness (QED) is 0.777. The minimum atomic E-state index is -0.0412. The van der Waals surface area contributed by atoms with Crippen molar-refractivity contribution < 1.29 is 4.79 Å². The highest BCUT2D eigenvalue weighted by molar-refractivity contribution is 7.99. The minimum absolute atomic E-state index is 0.0412. The number of rotatable bonds is 4. The average Bonchev–Trinajstić information content (AvgIpc) is 2.54. The Morgan fingerprint density at radius 3 is 2.50 bits per heavy atom. The highest BCUT2D eigenvalue weighted by Gasteiger charge is 2.38. The predicted octanol–water partition coefficient (Wildman–Crippen LogP) is 5.14. The maximum absolute atomic E-state index is 12.9. The molecule has 0 bridgehead atoms. The topological polar surface area (TPSA) is 17.1 Å². The minimum Gasteiger partial charge on any atom is -0.294 e. The van der Waals surface area contributed by atoms with E-state index in [-0.39, 0.29) is 10.7 Å². The van der Waals surface area contributed by atoms with E-state index in [4.69, 9.17) is 0 Å². The van der Waals surface area contributed by atoms with Crippen LogP contribution in [0.5, 0.6) is 0 Å². The number of carbonyl (C=O) groups is 1. The van der Waals surface area contributed by atoms with Gasteiger partial charge in [-0.25, -0.2) is 0 Å². The normalized spacial score (nSPS) is 18.1. The van der Waals surface area contributed by atoms with E-state index in [1.807, 2.05) is 36.0 Å². The molecule has 114 valence electrons. The lowest BCUT2D eigenvalue weighted by Crippen LogP contribution is -2.37. The van der Waals surface area contributed by atoms with E-state index in [2.05, 4.69) is 44.2 Å². The van der Waals surface area contributed by atoms with Crippen LogP contribution in [0.15, 0.2) is 54.6 Å². The number of carbonyl (C=O) groups excluding carboxylic acids is 1. The van der Waals surface area contributed by atoms with Crippen molar-refractivity contribution in [1.29, 1.82) is 0 Å². The van der Waals surface area contributed by atoms with Crippen LogP contribution in [0.25, 0.3) is 0 Å². The lowest BCUT2D eigenvalue weighted by Gasteiger charge is -2.36. The third-order valence-corrected chi connectivity index (χ3v) is 6.10. The summed E-state index contributed by atoms with van der Waals surface area (Å²) >= 11 is 1.90. The Hall–Kier alpha value is -1.54. The third kappa shape index (κ3) is 3.12. The molecule has 1 aliphatic carbocycles. The number of hydrogen-bond acceptors (Lipinski definition) is 2. The van der Waals surface area contributed by atoms with Crippen LogP contribution >= 0.6 is 11.8 Å². The van der Waals surface area contributed by atoms with Crippen LogP contribution < -0.4 is 0 Å². The molecule has 0 amide bonds. The molecule has 2 aromatic rings. The SMILES string of the molecule is CC(C)(SCc1ccccc1)[C@@H]1CCc2ccccc2C1=O. The van der Waals surface area contributed by atoms with E-state index in [9.17, 15) is 4.79 Å². The van der Waals surface area contributed by atoms with Gasteiger partial charge in [-0.2, -0.15) is 11.8 Å². The average molecular weight is 310 g/mol. The molecule has 0 aliphatic heterocycles. The van der Waals surface area contributed by atoms with Gasteiger partial charge in [-0.1, -0.05) is 54.6 Å². The molecule has 1 nitrogen and oxygen atoms in total. The molecule has 1 aliphatic rings. The first-order valence-electron chi connectivity index (χ1n) is 7.88. The highest BCUT2D eigenvalue weighted by atomic mass is 32.2. The van der Waals surface area contributed by atoms with Gasteiger partial charge in [-0.05, 0) is 37.8 Å². The summed E-state index contributed by atoms with van der Waals surface area (Å²) in [6, 6.07) is 18.6. The van der Waals surface area contributed by atoms with Crippen LogP contribution in [-0.4, -0.2) is 10.5 Å². The molecule has 22 heavy (non-hydrogen) atoms. The molecular weight excluding hydrogens is 288 g/mol. The number of thioether (sulfide) groups is 1. The molecular formula is C20H22OS. The van der Waals surface area contributed by atoms with Gasteiger partial charge in [0, 0.05) is 22.0 Å². The first kappa shape index (κ1) is 15.4. The monoisotopic (exact) mass is 310 g/mol. The first-order chi connectivity index (χ1) is 10.6. The van der Waals surface area contributed by atoms with Crippen molar-refractivity contribution in [3.05, 3.63) is 71.3 Å². The summed E-state index contributed by atoms with van der Waals surface area (Å²) in [6.45, 7) is 4.44. The van der Waals surface area contributed by atoms with Crippen LogP contribution in [0.3, 0.4) is 0 Å². The van der Waals surface area contributed by atoms with Gasteiger partial charge >= 0.3 is 0 Å². The summed E-state index contributed by atoms with van der Waals surface area (Å²) in [5, 5.41) is 0. The zero-order valence-electron chi connectivity index (χ0n) is 13.2. The molecule has 3 rings (SSSR count). The first-order valence-corrected chi connectivity index (χ1v) is 8.86. The number of hydrogen-bond donors (Lipinski definition) is 0. The van der Waals surface area contributed by atoms with Gasteiger partial charge < -0.3 is 0 Å². The second-order valence-electron chi connectivity index (χ2n) is 6.49. The molecule has 1 atom stereocenters. The van der Waals surface area contributed by atoms with Crippen molar-refractivity contribution in [2.75, 3.05) is 0 Å². The van der Waals surface area contributed by atoms with Crippen molar-refractivity contribution in [2.24, 2.45) is 5.92 Å². The Balaban J connectivity index is 1.74. The molecule has 2 aromatic carbocycles. The smallest absolute Gasteiger partial charge is 0.167 e. The summed E-state index contributed by atoms with van der Waals surface area (Å²) < 4.78 is -0.0412. The predicted molar refractivity (Wildman–Crippen MR) is 94.4 cm³/mol.